The Morgan fingerprint density at radius 3 is 1.00 bits per heavy atom. The summed E-state index contributed by atoms with van der Waals surface area (Å²) >= 11 is -9.09. The second kappa shape index (κ2) is 13.3. The van der Waals surface area contributed by atoms with E-state index in [4.69, 9.17) is 12.0 Å². The van der Waals surface area contributed by atoms with Gasteiger partial charge in [-0.1, -0.05) is 0 Å². The molecule has 0 aromatic rings. The molecule has 0 aliphatic heterocycles. The average Bonchev–Trinajstić information content (AvgIpc) is 1.25. The van der Waals surface area contributed by atoms with Crippen molar-refractivity contribution in [3.63, 3.8) is 0 Å². The molecule has 0 N–H and O–H groups in total. The Bertz CT molecular complexity index is 74.6. The van der Waals surface area contributed by atoms with Crippen LogP contribution in [0.25, 0.3) is 0 Å². The molecule has 0 atom stereocenters. The summed E-state index contributed by atoms with van der Waals surface area (Å²) in [6.07, 6.45) is 0. The second-order valence-electron chi connectivity index (χ2n) is 0.475. The second-order valence-corrected chi connectivity index (χ2v) is 2.81. The Morgan fingerprint density at radius 1 is 1.00 bits per heavy atom. The molecule has 0 heterocycles. The molecule has 0 amide bonds. The van der Waals surface area contributed by atoms with Gasteiger partial charge in [0.05, 0.1) is 0 Å². The zero-order chi connectivity index (χ0) is 7.15. The molecule has 4 nitrogen and oxygen atoms in total. The minimum atomic E-state index is -4.54. The van der Waals surface area contributed by atoms with Crippen LogP contribution in [0.3, 0.4) is 0 Å². The molecular formula is BaF2O4Zr2. The maximum absolute atomic E-state index is 10.1. The van der Waals surface area contributed by atoms with Gasteiger partial charge in [-0.05, 0) is 0 Å². The number of hydrogen-bond donors (Lipinski definition) is 0. The maximum atomic E-state index is 10.1. The van der Waals surface area contributed by atoms with E-state index >= 15 is 0 Å². The SMILES string of the molecule is [Ba+2].[O]=[Zr]([O-])[F].[O]=[Zr]([O-])[F]. The Hall–Kier alpha value is 2.72. The molecule has 0 saturated heterocycles. The van der Waals surface area contributed by atoms with Gasteiger partial charge < -0.3 is 0 Å². The molecule has 48 valence electrons. The van der Waals surface area contributed by atoms with Crippen LogP contribution in [-0.2, 0) is 51.2 Å². The van der Waals surface area contributed by atoms with Gasteiger partial charge in [-0.2, -0.15) is 0 Å². The van der Waals surface area contributed by atoms with Gasteiger partial charge in [0.1, 0.15) is 0 Å². The van der Waals surface area contributed by atoms with Crippen LogP contribution in [-0.4, -0.2) is 48.9 Å². The average molecular weight is 422 g/mol. The van der Waals surface area contributed by atoms with Crippen LogP contribution < -0.4 is 6.37 Å². The van der Waals surface area contributed by atoms with Gasteiger partial charge in [0.15, 0.2) is 0 Å². The summed E-state index contributed by atoms with van der Waals surface area (Å²) in [5.74, 6) is 0. The van der Waals surface area contributed by atoms with Crippen LogP contribution in [0.4, 0.5) is 5.25 Å². The summed E-state index contributed by atoms with van der Waals surface area (Å²) in [6.45, 7) is 0. The Kier molecular flexibility index (Phi) is 26.2. The van der Waals surface area contributed by atoms with Crippen LogP contribution >= 0.6 is 0 Å². The molecule has 0 rings (SSSR count). The molecule has 0 fully saturated rings. The van der Waals surface area contributed by atoms with Gasteiger partial charge in [0.2, 0.25) is 0 Å². The van der Waals surface area contributed by atoms with Crippen molar-refractivity contribution in [2.75, 3.05) is 0 Å². The van der Waals surface area contributed by atoms with E-state index in [2.05, 4.69) is 0 Å². The first kappa shape index (κ1) is 17.7. The van der Waals surface area contributed by atoms with Crippen LogP contribution in [0.5, 0.6) is 0 Å². The fraction of sp³-hybridized carbons (Fsp3) is 0. The van der Waals surface area contributed by atoms with E-state index in [1.165, 1.54) is 0 Å². The van der Waals surface area contributed by atoms with E-state index in [1.54, 1.807) is 0 Å². The summed E-state index contributed by atoms with van der Waals surface area (Å²) in [5.41, 5.74) is 0. The predicted molar refractivity (Wildman–Crippen MR) is 9.34 cm³/mol. The van der Waals surface area contributed by atoms with E-state index in [-0.39, 0.29) is 48.9 Å². The topological polar surface area (TPSA) is 80.3 Å². The van der Waals surface area contributed by atoms with Gasteiger partial charge in [-0.15, -0.1) is 0 Å². The first-order chi connectivity index (χ1) is 3.46. The Labute approximate surface area is 109 Å². The zero-order valence-electron chi connectivity index (χ0n) is 4.10. The first-order valence-corrected chi connectivity index (χ1v) is 7.07. The Balaban J connectivity index is -0.0000000720. The molecule has 0 aliphatic carbocycles. The summed E-state index contributed by atoms with van der Waals surface area (Å²) in [4.78, 5) is 0. The number of hydrogen-bond acceptors (Lipinski definition) is 4. The summed E-state index contributed by atoms with van der Waals surface area (Å²) in [7, 11) is 0. The van der Waals surface area contributed by atoms with Crippen molar-refractivity contribution in [3.8, 4) is 0 Å². The van der Waals surface area contributed by atoms with Crippen LogP contribution in [0.2, 0.25) is 0 Å². The molecule has 0 bridgehead atoms. The van der Waals surface area contributed by atoms with E-state index in [0.717, 1.165) is 0 Å². The molecule has 0 radical (unpaired) electrons. The zero-order valence-corrected chi connectivity index (χ0v) is 13.5. The third-order valence-corrected chi connectivity index (χ3v) is 0. The summed E-state index contributed by atoms with van der Waals surface area (Å²) < 4.78 is 54.2. The predicted octanol–water partition coefficient (Wildman–Crippen LogP) is -2.16. The Morgan fingerprint density at radius 2 is 1.00 bits per heavy atom. The monoisotopic (exact) mass is 420 g/mol. The van der Waals surface area contributed by atoms with Crippen LogP contribution in [0.15, 0.2) is 0 Å². The fourth-order valence-corrected chi connectivity index (χ4v) is 0. The van der Waals surface area contributed by atoms with Gasteiger partial charge in [-0.25, -0.2) is 0 Å². The first-order valence-electron chi connectivity index (χ1n) is 1.19. The fourth-order valence-electron chi connectivity index (χ4n) is 0. The summed E-state index contributed by atoms with van der Waals surface area (Å²) in [6, 6.07) is 0. The molecule has 9 heavy (non-hydrogen) atoms. The van der Waals surface area contributed by atoms with E-state index in [9.17, 15) is 5.25 Å². The van der Waals surface area contributed by atoms with Crippen molar-refractivity contribution < 1.29 is 62.9 Å². The van der Waals surface area contributed by atoms with Crippen molar-refractivity contribution in [2.45, 2.75) is 0 Å². The van der Waals surface area contributed by atoms with Gasteiger partial charge in [-0.3, -0.25) is 0 Å². The third kappa shape index (κ3) is 110. The van der Waals surface area contributed by atoms with E-state index in [1.807, 2.05) is 0 Å². The van der Waals surface area contributed by atoms with E-state index in [0.29, 0.717) is 0 Å². The van der Waals surface area contributed by atoms with Crippen molar-refractivity contribution in [1.82, 2.24) is 0 Å². The van der Waals surface area contributed by atoms with Gasteiger partial charge in [0.25, 0.3) is 0 Å². The van der Waals surface area contributed by atoms with Gasteiger partial charge in [0, 0.05) is 0 Å². The molecule has 0 aliphatic rings. The van der Waals surface area contributed by atoms with E-state index < -0.39 is 45.6 Å². The van der Waals surface area contributed by atoms with Crippen LogP contribution in [0.1, 0.15) is 0 Å². The van der Waals surface area contributed by atoms with Crippen molar-refractivity contribution in [1.29, 1.82) is 0 Å². The molecule has 9 heteroatoms. The van der Waals surface area contributed by atoms with Crippen molar-refractivity contribution in [2.24, 2.45) is 0 Å². The molecule has 0 unspecified atom stereocenters. The number of halogens is 2. The molecule has 0 aromatic carbocycles. The van der Waals surface area contributed by atoms with Crippen molar-refractivity contribution >= 4 is 48.9 Å². The number of rotatable bonds is 0. The minimum absolute atomic E-state index is 0. The van der Waals surface area contributed by atoms with Gasteiger partial charge >= 0.3 is 112 Å². The van der Waals surface area contributed by atoms with Crippen LogP contribution in [0, 0.1) is 0 Å². The quantitative estimate of drug-likeness (QED) is 0.417. The standard InChI is InChI=1S/Ba.2FH.4O.2Zr/h;2*1H;;;;;;/q+2;;;;;2*-1;2*+1/p-2. The summed E-state index contributed by atoms with van der Waals surface area (Å²) in [5, 5.41) is 0. The van der Waals surface area contributed by atoms with Crippen molar-refractivity contribution in [3.05, 3.63) is 0 Å². The molecule has 0 aromatic heterocycles. The molecule has 0 saturated carbocycles. The molecule has 0 spiro atoms. The normalized spacial score (nSPS) is 5.78. The third-order valence-electron chi connectivity index (χ3n) is 0. The molecular weight excluding hydrogens is 422 g/mol.